The molecule has 1 heterocycles. The van der Waals surface area contributed by atoms with Crippen molar-refractivity contribution in [1.29, 1.82) is 0 Å². The molecule has 0 unspecified atom stereocenters. The molecule has 2 aromatic rings. The van der Waals surface area contributed by atoms with Gasteiger partial charge in [-0.05, 0) is 6.07 Å². The van der Waals surface area contributed by atoms with Crippen LogP contribution in [0.25, 0.3) is 0 Å². The highest BCUT2D eigenvalue weighted by atomic mass is 32.2. The van der Waals surface area contributed by atoms with E-state index >= 15 is 0 Å². The van der Waals surface area contributed by atoms with Crippen molar-refractivity contribution in [3.63, 3.8) is 0 Å². The lowest BCUT2D eigenvalue weighted by Gasteiger charge is -2.11. The Morgan fingerprint density at radius 3 is 2.48 bits per heavy atom. The summed E-state index contributed by atoms with van der Waals surface area (Å²) in [5, 5.41) is 4.91. The maximum Gasteiger partial charge on any atom is 0.257 e. The van der Waals surface area contributed by atoms with Gasteiger partial charge in [0, 0.05) is 30.4 Å². The number of hydrogen-bond acceptors (Lipinski definition) is 6. The van der Waals surface area contributed by atoms with Gasteiger partial charge in [-0.15, -0.1) is 0 Å². The summed E-state index contributed by atoms with van der Waals surface area (Å²) in [6.45, 7) is 0. The van der Waals surface area contributed by atoms with E-state index in [-0.39, 0.29) is 17.1 Å². The number of rotatable bonds is 5. The molecule has 0 saturated carbocycles. The summed E-state index contributed by atoms with van der Waals surface area (Å²) >= 11 is 0. The van der Waals surface area contributed by atoms with Crippen LogP contribution in [0.2, 0.25) is 0 Å². The van der Waals surface area contributed by atoms with Crippen LogP contribution in [0.1, 0.15) is 11.3 Å². The number of sulfonamides is 1. The molecule has 0 saturated heterocycles. The molecule has 1 aromatic heterocycles. The van der Waals surface area contributed by atoms with E-state index in [1.807, 2.05) is 0 Å². The van der Waals surface area contributed by atoms with Gasteiger partial charge in [-0.25, -0.2) is 18.5 Å². The van der Waals surface area contributed by atoms with Crippen LogP contribution in [0.5, 0.6) is 11.5 Å². The number of aromatic nitrogens is 2. The van der Waals surface area contributed by atoms with Gasteiger partial charge in [0.25, 0.3) is 10.0 Å². The molecule has 0 aliphatic heterocycles. The third-order valence-corrected chi connectivity index (χ3v) is 3.74. The van der Waals surface area contributed by atoms with E-state index in [1.54, 1.807) is 25.3 Å². The number of methoxy groups -OCH3 is 2. The van der Waals surface area contributed by atoms with Gasteiger partial charge in [-0.2, -0.15) is 0 Å². The average molecular weight is 309 g/mol. The molecule has 1 aromatic carbocycles. The zero-order valence-corrected chi connectivity index (χ0v) is 12.4. The van der Waals surface area contributed by atoms with E-state index in [1.165, 1.54) is 19.5 Å². The molecule has 112 valence electrons. The molecule has 2 rings (SSSR count). The van der Waals surface area contributed by atoms with Gasteiger partial charge in [-0.1, -0.05) is 6.07 Å². The lowest BCUT2D eigenvalue weighted by molar-refractivity contribution is 0.391. The maximum atomic E-state index is 11.5. The number of hydrogen-bond donors (Lipinski definition) is 1. The molecular formula is C13H15N3O4S. The highest BCUT2D eigenvalue weighted by molar-refractivity contribution is 7.89. The lowest BCUT2D eigenvalue weighted by atomic mass is 10.1. The second kappa shape index (κ2) is 6.06. The summed E-state index contributed by atoms with van der Waals surface area (Å²) in [4.78, 5) is 7.84. The first-order chi connectivity index (χ1) is 9.95. The van der Waals surface area contributed by atoms with Gasteiger partial charge in [0.15, 0.2) is 5.03 Å². The quantitative estimate of drug-likeness (QED) is 0.873. The van der Waals surface area contributed by atoms with Crippen LogP contribution < -0.4 is 14.6 Å². The number of ether oxygens (including phenoxy) is 2. The van der Waals surface area contributed by atoms with Crippen LogP contribution in [0.15, 0.2) is 35.6 Å². The normalized spacial score (nSPS) is 11.2. The van der Waals surface area contributed by atoms with Gasteiger partial charge in [0.05, 0.1) is 19.9 Å². The van der Waals surface area contributed by atoms with Crippen molar-refractivity contribution in [2.24, 2.45) is 5.14 Å². The lowest BCUT2D eigenvalue weighted by Crippen LogP contribution is -2.17. The number of primary sulfonamides is 1. The van der Waals surface area contributed by atoms with Crippen LogP contribution in [-0.2, 0) is 16.4 Å². The summed E-state index contributed by atoms with van der Waals surface area (Å²) in [6, 6.07) is 5.24. The molecule has 0 fully saturated rings. The Morgan fingerprint density at radius 1 is 1.14 bits per heavy atom. The minimum atomic E-state index is -3.93. The van der Waals surface area contributed by atoms with Crippen LogP contribution in [0.3, 0.4) is 0 Å². The molecule has 0 amide bonds. The van der Waals surface area contributed by atoms with Crippen molar-refractivity contribution in [3.8, 4) is 11.5 Å². The van der Waals surface area contributed by atoms with E-state index in [4.69, 9.17) is 14.6 Å². The number of nitrogens with zero attached hydrogens (tertiary/aromatic N) is 2. The fourth-order valence-corrected chi connectivity index (χ4v) is 2.55. The fourth-order valence-electron chi connectivity index (χ4n) is 1.89. The Morgan fingerprint density at radius 2 is 1.86 bits per heavy atom. The van der Waals surface area contributed by atoms with Crippen LogP contribution in [0.4, 0.5) is 0 Å². The fraction of sp³-hybridized carbons (Fsp3) is 0.231. The molecule has 8 heteroatoms. The summed E-state index contributed by atoms with van der Waals surface area (Å²) in [6.07, 6.45) is 2.93. The first kappa shape index (κ1) is 15.2. The summed E-state index contributed by atoms with van der Waals surface area (Å²) < 4.78 is 33.4. The molecule has 21 heavy (non-hydrogen) atoms. The topological polar surface area (TPSA) is 104 Å². The first-order valence-corrected chi connectivity index (χ1v) is 7.54. The predicted molar refractivity (Wildman–Crippen MR) is 75.8 cm³/mol. The Bertz CT molecular complexity index is 747. The Kier molecular flexibility index (Phi) is 4.39. The van der Waals surface area contributed by atoms with Crippen LogP contribution >= 0.6 is 0 Å². The van der Waals surface area contributed by atoms with Crippen molar-refractivity contribution in [2.45, 2.75) is 11.4 Å². The smallest absolute Gasteiger partial charge is 0.257 e. The zero-order valence-electron chi connectivity index (χ0n) is 11.6. The van der Waals surface area contributed by atoms with E-state index in [9.17, 15) is 8.42 Å². The van der Waals surface area contributed by atoms with Crippen molar-refractivity contribution in [1.82, 2.24) is 9.97 Å². The first-order valence-electron chi connectivity index (χ1n) is 5.99. The Hall–Kier alpha value is -2.19. The highest BCUT2D eigenvalue weighted by Crippen LogP contribution is 2.27. The van der Waals surface area contributed by atoms with Crippen molar-refractivity contribution in [3.05, 3.63) is 41.9 Å². The highest BCUT2D eigenvalue weighted by Gasteiger charge is 2.18. The number of nitrogens with two attached hydrogens (primary N) is 1. The maximum absolute atomic E-state index is 11.5. The molecule has 0 aliphatic carbocycles. The molecule has 0 aliphatic rings. The van der Waals surface area contributed by atoms with Crippen LogP contribution in [0, 0.1) is 0 Å². The average Bonchev–Trinajstić information content (AvgIpc) is 2.47. The van der Waals surface area contributed by atoms with Crippen molar-refractivity contribution >= 4 is 10.0 Å². The molecule has 7 nitrogen and oxygen atoms in total. The Labute approximate surface area is 122 Å². The SMILES string of the molecule is COc1ccc(Cc2nccnc2S(N)(=O)=O)c(OC)c1. The largest absolute Gasteiger partial charge is 0.497 e. The van der Waals surface area contributed by atoms with Gasteiger partial charge in [0.2, 0.25) is 0 Å². The second-order valence-corrected chi connectivity index (χ2v) is 5.68. The summed E-state index contributed by atoms with van der Waals surface area (Å²) in [5.74, 6) is 1.21. The predicted octanol–water partition coefficient (Wildman–Crippen LogP) is 0.732. The van der Waals surface area contributed by atoms with Gasteiger partial charge < -0.3 is 9.47 Å². The van der Waals surface area contributed by atoms with Gasteiger partial charge in [-0.3, -0.25) is 4.98 Å². The zero-order chi connectivity index (χ0) is 15.5. The van der Waals surface area contributed by atoms with E-state index in [2.05, 4.69) is 9.97 Å². The van der Waals surface area contributed by atoms with Gasteiger partial charge >= 0.3 is 0 Å². The number of benzene rings is 1. The van der Waals surface area contributed by atoms with Crippen LogP contribution in [-0.4, -0.2) is 32.6 Å². The van der Waals surface area contributed by atoms with E-state index < -0.39 is 10.0 Å². The second-order valence-electron chi connectivity index (χ2n) is 4.21. The van der Waals surface area contributed by atoms with Crippen molar-refractivity contribution < 1.29 is 17.9 Å². The van der Waals surface area contributed by atoms with E-state index in [0.29, 0.717) is 11.5 Å². The van der Waals surface area contributed by atoms with Gasteiger partial charge in [0.1, 0.15) is 11.5 Å². The molecule has 2 N–H and O–H groups in total. The summed E-state index contributed by atoms with van der Waals surface area (Å²) in [5.41, 5.74) is 1.02. The molecule has 0 radical (unpaired) electrons. The molecular weight excluding hydrogens is 294 g/mol. The summed E-state index contributed by atoms with van der Waals surface area (Å²) in [7, 11) is -0.850. The minimum absolute atomic E-state index is 0.229. The molecule has 0 atom stereocenters. The third kappa shape index (κ3) is 3.47. The molecule has 0 spiro atoms. The monoisotopic (exact) mass is 309 g/mol. The van der Waals surface area contributed by atoms with E-state index in [0.717, 1.165) is 5.56 Å². The Balaban J connectivity index is 2.44. The standard InChI is InChI=1S/C13H15N3O4S/c1-19-10-4-3-9(12(8-10)20-2)7-11-13(21(14,17)18)16-6-5-15-11/h3-6,8H,7H2,1-2H3,(H2,14,17,18). The molecule has 0 bridgehead atoms. The van der Waals surface area contributed by atoms with Crippen molar-refractivity contribution in [2.75, 3.05) is 14.2 Å². The third-order valence-electron chi connectivity index (χ3n) is 2.86. The minimum Gasteiger partial charge on any atom is -0.497 e.